The lowest BCUT2D eigenvalue weighted by Crippen LogP contribution is -2.37. The highest BCUT2D eigenvalue weighted by atomic mass is 16.5. The molecule has 0 bridgehead atoms. The molecule has 0 aliphatic heterocycles. The van der Waals surface area contributed by atoms with Crippen LogP contribution >= 0.6 is 0 Å². The maximum Gasteiger partial charge on any atom is 0.409 e. The van der Waals surface area contributed by atoms with Crippen LogP contribution in [0.2, 0.25) is 0 Å². The highest BCUT2D eigenvalue weighted by molar-refractivity contribution is 5.67. The van der Waals surface area contributed by atoms with Crippen molar-refractivity contribution in [3.63, 3.8) is 0 Å². The van der Waals surface area contributed by atoms with Gasteiger partial charge in [0, 0.05) is 14.2 Å². The molecule has 0 radical (unpaired) electrons. The third kappa shape index (κ3) is 3.23. The zero-order valence-corrected chi connectivity index (χ0v) is 7.46. The number of rotatable bonds is 3. The molecule has 1 unspecified atom stereocenters. The van der Waals surface area contributed by atoms with E-state index in [1.807, 2.05) is 6.92 Å². The summed E-state index contributed by atoms with van der Waals surface area (Å²) in [4.78, 5) is 12.4. The summed E-state index contributed by atoms with van der Waals surface area (Å²) in [6, 6.07) is 0.0486. The molecular formula is C7H15NO3. The minimum Gasteiger partial charge on any atom is -0.453 e. The number of carbonyl (C=O) groups is 1. The van der Waals surface area contributed by atoms with Gasteiger partial charge < -0.3 is 14.4 Å². The van der Waals surface area contributed by atoms with Crippen molar-refractivity contribution >= 4 is 6.09 Å². The van der Waals surface area contributed by atoms with E-state index in [0.29, 0.717) is 6.61 Å². The molecule has 0 saturated carbocycles. The second-order valence-electron chi connectivity index (χ2n) is 2.39. The Morgan fingerprint density at radius 1 is 1.55 bits per heavy atom. The van der Waals surface area contributed by atoms with Crippen molar-refractivity contribution < 1.29 is 14.3 Å². The fourth-order valence-electron chi connectivity index (χ4n) is 0.677. The highest BCUT2D eigenvalue weighted by Crippen LogP contribution is 1.97. The Labute approximate surface area is 67.1 Å². The molecule has 66 valence electrons. The van der Waals surface area contributed by atoms with Gasteiger partial charge in [-0.2, -0.15) is 0 Å². The van der Waals surface area contributed by atoms with Crippen LogP contribution in [0.4, 0.5) is 4.79 Å². The SMILES string of the molecule is COCC(C)N(C)C(=O)OC. The van der Waals surface area contributed by atoms with Gasteiger partial charge >= 0.3 is 6.09 Å². The molecule has 0 aromatic rings. The lowest BCUT2D eigenvalue weighted by atomic mass is 10.3. The van der Waals surface area contributed by atoms with Gasteiger partial charge in [-0.1, -0.05) is 0 Å². The van der Waals surface area contributed by atoms with Crippen molar-refractivity contribution in [3.05, 3.63) is 0 Å². The van der Waals surface area contributed by atoms with E-state index in [1.165, 1.54) is 12.0 Å². The first kappa shape index (κ1) is 10.2. The molecular weight excluding hydrogens is 146 g/mol. The van der Waals surface area contributed by atoms with Crippen LogP contribution < -0.4 is 0 Å². The molecule has 0 saturated heterocycles. The number of likely N-dealkylation sites (N-methyl/N-ethyl adjacent to an activating group) is 1. The lowest BCUT2D eigenvalue weighted by molar-refractivity contribution is 0.0875. The van der Waals surface area contributed by atoms with Gasteiger partial charge in [0.15, 0.2) is 0 Å². The number of hydrogen-bond acceptors (Lipinski definition) is 3. The van der Waals surface area contributed by atoms with Gasteiger partial charge in [-0.3, -0.25) is 0 Å². The van der Waals surface area contributed by atoms with Gasteiger partial charge in [0.1, 0.15) is 0 Å². The van der Waals surface area contributed by atoms with Gasteiger partial charge in [0.05, 0.1) is 19.8 Å². The fraction of sp³-hybridized carbons (Fsp3) is 0.857. The van der Waals surface area contributed by atoms with E-state index in [9.17, 15) is 4.79 Å². The summed E-state index contributed by atoms with van der Waals surface area (Å²) < 4.78 is 9.38. The lowest BCUT2D eigenvalue weighted by Gasteiger charge is -2.22. The third-order valence-electron chi connectivity index (χ3n) is 1.53. The molecule has 0 heterocycles. The number of nitrogens with zero attached hydrogens (tertiary/aromatic N) is 1. The van der Waals surface area contributed by atoms with E-state index in [0.717, 1.165) is 0 Å². The molecule has 1 atom stereocenters. The normalized spacial score (nSPS) is 12.4. The van der Waals surface area contributed by atoms with Crippen LogP contribution in [0.1, 0.15) is 6.92 Å². The van der Waals surface area contributed by atoms with Crippen molar-refractivity contribution in [3.8, 4) is 0 Å². The predicted molar refractivity (Wildman–Crippen MR) is 41.5 cm³/mol. The van der Waals surface area contributed by atoms with Crippen LogP contribution in [0, 0.1) is 0 Å². The maximum absolute atomic E-state index is 10.9. The van der Waals surface area contributed by atoms with Crippen molar-refractivity contribution in [2.24, 2.45) is 0 Å². The summed E-state index contributed by atoms with van der Waals surface area (Å²) in [7, 11) is 4.63. The van der Waals surface area contributed by atoms with Gasteiger partial charge in [0.25, 0.3) is 0 Å². The average Bonchev–Trinajstić information content (AvgIpc) is 2.02. The van der Waals surface area contributed by atoms with E-state index in [2.05, 4.69) is 4.74 Å². The largest absolute Gasteiger partial charge is 0.453 e. The van der Waals surface area contributed by atoms with Crippen LogP contribution in [0.25, 0.3) is 0 Å². The first-order valence-corrected chi connectivity index (χ1v) is 3.43. The highest BCUT2D eigenvalue weighted by Gasteiger charge is 2.14. The van der Waals surface area contributed by atoms with Crippen molar-refractivity contribution in [2.75, 3.05) is 27.9 Å². The topological polar surface area (TPSA) is 38.8 Å². The molecule has 1 amide bonds. The first-order valence-electron chi connectivity index (χ1n) is 3.43. The molecule has 0 fully saturated rings. The Bertz CT molecular complexity index is 127. The molecule has 4 heteroatoms. The molecule has 0 aliphatic rings. The minimum absolute atomic E-state index is 0.0486. The van der Waals surface area contributed by atoms with Gasteiger partial charge in [-0.15, -0.1) is 0 Å². The Morgan fingerprint density at radius 2 is 2.09 bits per heavy atom. The second-order valence-corrected chi connectivity index (χ2v) is 2.39. The van der Waals surface area contributed by atoms with Crippen molar-refractivity contribution in [2.45, 2.75) is 13.0 Å². The van der Waals surface area contributed by atoms with Crippen LogP contribution in [0.5, 0.6) is 0 Å². The smallest absolute Gasteiger partial charge is 0.409 e. The van der Waals surface area contributed by atoms with Crippen LogP contribution in [-0.4, -0.2) is 44.9 Å². The molecule has 11 heavy (non-hydrogen) atoms. The molecule has 0 spiro atoms. The fourth-order valence-corrected chi connectivity index (χ4v) is 0.677. The summed E-state index contributed by atoms with van der Waals surface area (Å²) in [6.45, 7) is 2.41. The standard InChI is InChI=1S/C7H15NO3/c1-6(5-10-3)8(2)7(9)11-4/h6H,5H2,1-4H3. The number of hydrogen-bond donors (Lipinski definition) is 0. The second kappa shape index (κ2) is 4.96. The first-order chi connectivity index (χ1) is 5.13. The average molecular weight is 161 g/mol. The number of amides is 1. The van der Waals surface area contributed by atoms with Crippen molar-refractivity contribution in [1.29, 1.82) is 0 Å². The van der Waals surface area contributed by atoms with Crippen LogP contribution in [0.3, 0.4) is 0 Å². The van der Waals surface area contributed by atoms with Crippen LogP contribution in [-0.2, 0) is 9.47 Å². The number of ether oxygens (including phenoxy) is 2. The summed E-state index contributed by atoms with van der Waals surface area (Å²) in [5.41, 5.74) is 0. The summed E-state index contributed by atoms with van der Waals surface area (Å²) in [5, 5.41) is 0. The molecule has 0 aromatic carbocycles. The Kier molecular flexibility index (Phi) is 4.61. The molecule has 0 rings (SSSR count). The number of carbonyl (C=O) groups excluding carboxylic acids is 1. The Balaban J connectivity index is 3.80. The van der Waals surface area contributed by atoms with E-state index < -0.39 is 0 Å². The quantitative estimate of drug-likeness (QED) is 0.612. The zero-order chi connectivity index (χ0) is 8.85. The maximum atomic E-state index is 10.9. The summed E-state index contributed by atoms with van der Waals surface area (Å²) in [6.07, 6.45) is -0.338. The van der Waals surface area contributed by atoms with Crippen LogP contribution in [0.15, 0.2) is 0 Å². The summed E-state index contributed by atoms with van der Waals surface area (Å²) >= 11 is 0. The van der Waals surface area contributed by atoms with Gasteiger partial charge in [0.2, 0.25) is 0 Å². The van der Waals surface area contributed by atoms with E-state index in [-0.39, 0.29) is 12.1 Å². The number of methoxy groups -OCH3 is 2. The van der Waals surface area contributed by atoms with E-state index >= 15 is 0 Å². The molecule has 4 nitrogen and oxygen atoms in total. The van der Waals surface area contributed by atoms with Gasteiger partial charge in [-0.25, -0.2) is 4.79 Å². The zero-order valence-electron chi connectivity index (χ0n) is 7.46. The molecule has 0 N–H and O–H groups in total. The van der Waals surface area contributed by atoms with Gasteiger partial charge in [-0.05, 0) is 6.92 Å². The molecule has 0 aromatic heterocycles. The van der Waals surface area contributed by atoms with E-state index in [4.69, 9.17) is 4.74 Å². The third-order valence-corrected chi connectivity index (χ3v) is 1.53. The predicted octanol–water partition coefficient (Wildman–Crippen LogP) is 0.720. The van der Waals surface area contributed by atoms with E-state index in [1.54, 1.807) is 14.2 Å². The van der Waals surface area contributed by atoms with Crippen molar-refractivity contribution in [1.82, 2.24) is 4.90 Å². The Hall–Kier alpha value is -0.770. The molecule has 0 aliphatic carbocycles. The minimum atomic E-state index is -0.338. The monoisotopic (exact) mass is 161 g/mol. The Morgan fingerprint density at radius 3 is 2.45 bits per heavy atom. The summed E-state index contributed by atoms with van der Waals surface area (Å²) in [5.74, 6) is 0.